The molecule has 0 aliphatic carbocycles. The van der Waals surface area contributed by atoms with Crippen LogP contribution in [0.5, 0.6) is 0 Å². The highest BCUT2D eigenvalue weighted by Crippen LogP contribution is 2.20. The predicted molar refractivity (Wildman–Crippen MR) is 55.4 cm³/mol. The molecular formula is C9H18F3NO3S. The number of quaternary nitrogens is 1. The third-order valence-electron chi connectivity index (χ3n) is 2.60. The summed E-state index contributed by atoms with van der Waals surface area (Å²) in [5.41, 5.74) is -5.65. The fraction of sp³-hybridized carbons (Fsp3) is 1.00. The Morgan fingerprint density at radius 2 is 1.88 bits per heavy atom. The quantitative estimate of drug-likeness (QED) is 0.586. The van der Waals surface area contributed by atoms with E-state index in [4.69, 9.17) is 13.0 Å². The highest BCUT2D eigenvalue weighted by Gasteiger charge is 2.36. The first kappa shape index (κ1) is 16.7. The highest BCUT2D eigenvalue weighted by molar-refractivity contribution is 7.86. The minimum atomic E-state index is -6.09. The van der Waals surface area contributed by atoms with E-state index in [2.05, 4.69) is 14.0 Å². The molecule has 2 atom stereocenters. The first-order chi connectivity index (χ1) is 7.58. The monoisotopic (exact) mass is 277 g/mol. The number of likely N-dealkylation sites (tertiary alicyclic amines) is 1. The van der Waals surface area contributed by atoms with Gasteiger partial charge >= 0.3 is 5.51 Å². The van der Waals surface area contributed by atoms with E-state index in [9.17, 15) is 13.2 Å². The number of rotatable bonds is 2. The van der Waals surface area contributed by atoms with Crippen molar-refractivity contribution in [1.29, 1.82) is 0 Å². The minimum Gasteiger partial charge on any atom is -0.741 e. The molecule has 1 aliphatic heterocycles. The lowest BCUT2D eigenvalue weighted by atomic mass is 10.0. The second kappa shape index (κ2) is 6.55. The molecule has 0 aromatic heterocycles. The molecular weight excluding hydrogens is 259 g/mol. The Balaban J connectivity index is 0.000000304. The largest absolute Gasteiger partial charge is 0.741 e. The summed E-state index contributed by atoms with van der Waals surface area (Å²) in [5, 5.41) is 0. The van der Waals surface area contributed by atoms with Gasteiger partial charge in [-0.1, -0.05) is 13.3 Å². The summed E-state index contributed by atoms with van der Waals surface area (Å²) in [4.78, 5) is 1.73. The van der Waals surface area contributed by atoms with Gasteiger partial charge in [0.25, 0.3) is 0 Å². The Bertz CT molecular complexity index is 314. The molecule has 17 heavy (non-hydrogen) atoms. The van der Waals surface area contributed by atoms with E-state index in [-0.39, 0.29) is 0 Å². The molecule has 0 radical (unpaired) electrons. The van der Waals surface area contributed by atoms with Gasteiger partial charge in [0.2, 0.25) is 0 Å². The fourth-order valence-electron chi connectivity index (χ4n) is 1.80. The standard InChI is InChI=1S/C8H17N.CHF3O3S/c1-3-4-8-5-6-9(2)7-8;2-1(3,4)8(5,6)7/h8H,3-7H2,1-2H3;(H,5,6,7). The Morgan fingerprint density at radius 1 is 1.41 bits per heavy atom. The van der Waals surface area contributed by atoms with Crippen LogP contribution in [-0.2, 0) is 10.1 Å². The molecule has 0 saturated carbocycles. The highest BCUT2D eigenvalue weighted by atomic mass is 32.2. The van der Waals surface area contributed by atoms with E-state index in [1.165, 1.54) is 32.4 Å². The van der Waals surface area contributed by atoms with E-state index < -0.39 is 15.6 Å². The number of nitrogens with one attached hydrogen (secondary N) is 1. The molecule has 4 nitrogen and oxygen atoms in total. The lowest BCUT2D eigenvalue weighted by molar-refractivity contribution is -0.867. The fourth-order valence-corrected chi connectivity index (χ4v) is 1.80. The van der Waals surface area contributed by atoms with Crippen molar-refractivity contribution < 1.29 is 31.0 Å². The third kappa shape index (κ3) is 6.85. The van der Waals surface area contributed by atoms with Crippen LogP contribution >= 0.6 is 0 Å². The van der Waals surface area contributed by atoms with Crippen LogP contribution in [0.2, 0.25) is 0 Å². The molecule has 1 rings (SSSR count). The van der Waals surface area contributed by atoms with Crippen LogP contribution in [0.3, 0.4) is 0 Å². The smallest absolute Gasteiger partial charge is 0.485 e. The van der Waals surface area contributed by atoms with Gasteiger partial charge in [0.05, 0.1) is 20.1 Å². The number of halogens is 3. The molecule has 104 valence electrons. The molecule has 1 heterocycles. The average molecular weight is 277 g/mol. The number of hydrogen-bond donors (Lipinski definition) is 1. The third-order valence-corrected chi connectivity index (χ3v) is 3.16. The zero-order valence-corrected chi connectivity index (χ0v) is 10.7. The summed E-state index contributed by atoms with van der Waals surface area (Å²) >= 11 is 0. The molecule has 0 aromatic carbocycles. The maximum Gasteiger partial charge on any atom is 0.485 e. The van der Waals surface area contributed by atoms with Gasteiger partial charge in [-0.15, -0.1) is 0 Å². The lowest BCUT2D eigenvalue weighted by Gasteiger charge is -2.08. The Hall–Kier alpha value is -0.340. The normalized spacial score (nSPS) is 25.3. The van der Waals surface area contributed by atoms with Crippen LogP contribution in [0.15, 0.2) is 0 Å². The van der Waals surface area contributed by atoms with Crippen molar-refractivity contribution in [3.63, 3.8) is 0 Å². The van der Waals surface area contributed by atoms with Crippen LogP contribution < -0.4 is 4.90 Å². The van der Waals surface area contributed by atoms with E-state index >= 15 is 0 Å². The molecule has 0 spiro atoms. The van der Waals surface area contributed by atoms with Crippen molar-refractivity contribution in [3.05, 3.63) is 0 Å². The van der Waals surface area contributed by atoms with Crippen LogP contribution in [0.25, 0.3) is 0 Å². The van der Waals surface area contributed by atoms with Crippen LogP contribution in [-0.4, -0.2) is 38.6 Å². The zero-order valence-electron chi connectivity index (χ0n) is 9.88. The SMILES string of the molecule is CCCC1CC[NH+](C)C1.O=S(=O)([O-])C(F)(F)F. The number of hydrogen-bond acceptors (Lipinski definition) is 3. The van der Waals surface area contributed by atoms with Gasteiger partial charge in [0.1, 0.15) is 0 Å². The summed E-state index contributed by atoms with van der Waals surface area (Å²) in [6.45, 7) is 5.12. The molecule has 2 unspecified atom stereocenters. The lowest BCUT2D eigenvalue weighted by Crippen LogP contribution is -3.07. The second-order valence-electron chi connectivity index (χ2n) is 4.25. The second-order valence-corrected chi connectivity index (χ2v) is 5.63. The average Bonchev–Trinajstić information content (AvgIpc) is 2.49. The maximum absolute atomic E-state index is 10.7. The molecule has 1 aliphatic rings. The summed E-state index contributed by atoms with van der Waals surface area (Å²) in [7, 11) is -3.79. The van der Waals surface area contributed by atoms with Crippen LogP contribution in [0.1, 0.15) is 26.2 Å². The van der Waals surface area contributed by atoms with Crippen LogP contribution in [0.4, 0.5) is 13.2 Å². The van der Waals surface area contributed by atoms with Gasteiger partial charge in [0, 0.05) is 12.3 Å². The number of alkyl halides is 3. The van der Waals surface area contributed by atoms with E-state index in [1.807, 2.05) is 0 Å². The van der Waals surface area contributed by atoms with Gasteiger partial charge in [-0.05, 0) is 6.42 Å². The molecule has 0 amide bonds. The molecule has 0 bridgehead atoms. The van der Waals surface area contributed by atoms with Crippen molar-refractivity contribution in [2.45, 2.75) is 31.7 Å². The van der Waals surface area contributed by atoms with E-state index in [0.29, 0.717) is 0 Å². The Labute approximate surface area is 99.5 Å². The summed E-state index contributed by atoms with van der Waals surface area (Å²) in [6, 6.07) is 0. The molecule has 1 saturated heterocycles. The van der Waals surface area contributed by atoms with E-state index in [1.54, 1.807) is 4.90 Å². The summed E-state index contributed by atoms with van der Waals surface area (Å²) < 4.78 is 58.9. The minimum absolute atomic E-state index is 1.05. The van der Waals surface area contributed by atoms with Crippen molar-refractivity contribution in [2.24, 2.45) is 5.92 Å². The maximum atomic E-state index is 10.7. The van der Waals surface area contributed by atoms with Gasteiger partial charge in [0.15, 0.2) is 10.1 Å². The van der Waals surface area contributed by atoms with Gasteiger partial charge < -0.3 is 9.45 Å². The summed E-state index contributed by atoms with van der Waals surface area (Å²) in [5.74, 6) is 1.05. The first-order valence-corrected chi connectivity index (χ1v) is 6.82. The summed E-state index contributed by atoms with van der Waals surface area (Å²) in [6.07, 6.45) is 4.30. The molecule has 1 fully saturated rings. The first-order valence-electron chi connectivity index (χ1n) is 5.41. The topological polar surface area (TPSA) is 61.6 Å². The Kier molecular flexibility index (Phi) is 6.42. The Morgan fingerprint density at radius 3 is 2.12 bits per heavy atom. The molecule has 1 N–H and O–H groups in total. The molecule has 8 heteroatoms. The van der Waals surface area contributed by atoms with Gasteiger partial charge in [-0.25, -0.2) is 8.42 Å². The van der Waals surface area contributed by atoms with Gasteiger partial charge in [-0.2, -0.15) is 13.2 Å². The van der Waals surface area contributed by atoms with Crippen molar-refractivity contribution in [3.8, 4) is 0 Å². The van der Waals surface area contributed by atoms with Crippen molar-refractivity contribution in [1.82, 2.24) is 0 Å². The predicted octanol–water partition coefficient (Wildman–Crippen LogP) is 0.372. The molecule has 0 aromatic rings. The zero-order chi connectivity index (χ0) is 13.7. The van der Waals surface area contributed by atoms with Gasteiger partial charge in [-0.3, -0.25) is 0 Å². The van der Waals surface area contributed by atoms with Crippen LogP contribution in [0, 0.1) is 5.92 Å². The van der Waals surface area contributed by atoms with Crippen molar-refractivity contribution in [2.75, 3.05) is 20.1 Å². The van der Waals surface area contributed by atoms with Crippen molar-refractivity contribution >= 4 is 10.1 Å². The van der Waals surface area contributed by atoms with E-state index in [0.717, 1.165) is 5.92 Å².